The number of Topliss-reactive ketones (excluding diaryl/α,β-unsaturated/α-hetero) is 2. The van der Waals surface area contributed by atoms with Crippen LogP contribution in [0.1, 0.15) is 93.0 Å². The minimum Gasteiger partial charge on any atom is -0.367 e. The Morgan fingerprint density at radius 1 is 0.949 bits per heavy atom. The molecule has 1 aromatic heterocycles. The summed E-state index contributed by atoms with van der Waals surface area (Å²) in [4.78, 5) is 41.0. The van der Waals surface area contributed by atoms with Crippen molar-refractivity contribution in [1.29, 1.82) is 5.41 Å². The first kappa shape index (κ1) is 26.3. The van der Waals surface area contributed by atoms with Gasteiger partial charge in [0.2, 0.25) is 0 Å². The summed E-state index contributed by atoms with van der Waals surface area (Å²) in [6, 6.07) is 6.99. The lowest BCUT2D eigenvalue weighted by atomic mass is 9.72. The lowest BCUT2D eigenvalue weighted by Crippen LogP contribution is -2.38. The summed E-state index contributed by atoms with van der Waals surface area (Å²) in [6.07, 6.45) is 11.1. The minimum atomic E-state index is -0.107. The molecule has 5 aliphatic rings. The van der Waals surface area contributed by atoms with Gasteiger partial charge in [-0.25, -0.2) is 9.97 Å². The maximum Gasteiger partial charge on any atom is 0.173 e. The van der Waals surface area contributed by atoms with E-state index < -0.39 is 0 Å². The smallest absolute Gasteiger partial charge is 0.173 e. The zero-order chi connectivity index (χ0) is 26.9. The fourth-order valence-electron chi connectivity index (χ4n) is 7.26. The number of nitrogens with zero attached hydrogens (tertiary/aromatic N) is 4. The first-order chi connectivity index (χ1) is 19.0. The van der Waals surface area contributed by atoms with Gasteiger partial charge in [0.25, 0.3) is 0 Å². The average molecular weight is 528 g/mol. The topological polar surface area (TPSA) is 90.2 Å². The van der Waals surface area contributed by atoms with Gasteiger partial charge in [0.05, 0.1) is 11.4 Å². The van der Waals surface area contributed by atoms with Crippen LogP contribution in [0.15, 0.2) is 24.4 Å². The summed E-state index contributed by atoms with van der Waals surface area (Å²) in [7, 11) is 0. The van der Waals surface area contributed by atoms with Crippen molar-refractivity contribution in [3.8, 4) is 11.1 Å². The Morgan fingerprint density at radius 3 is 2.51 bits per heavy atom. The normalized spacial score (nSPS) is 25.5. The number of piperidine rings is 1. The first-order valence-corrected chi connectivity index (χ1v) is 15.1. The van der Waals surface area contributed by atoms with Crippen LogP contribution >= 0.6 is 0 Å². The third-order valence-electron chi connectivity index (χ3n) is 9.65. The largest absolute Gasteiger partial charge is 0.367 e. The molecule has 3 saturated heterocycles. The third kappa shape index (κ3) is 5.30. The molecular weight excluding hydrogens is 486 g/mol. The Balaban J connectivity index is 1.40. The van der Waals surface area contributed by atoms with Crippen LogP contribution in [-0.2, 0) is 11.2 Å². The van der Waals surface area contributed by atoms with Crippen LogP contribution in [0.5, 0.6) is 0 Å². The molecule has 0 radical (unpaired) electrons. The van der Waals surface area contributed by atoms with Crippen molar-refractivity contribution >= 4 is 23.0 Å². The molecule has 7 rings (SSSR count). The summed E-state index contributed by atoms with van der Waals surface area (Å²) in [5.74, 6) is 1.19. The molecule has 2 aliphatic carbocycles. The zero-order valence-corrected chi connectivity index (χ0v) is 23.3. The molecule has 3 aliphatic heterocycles. The highest BCUT2D eigenvalue weighted by molar-refractivity contribution is 6.05. The molecule has 4 fully saturated rings. The van der Waals surface area contributed by atoms with Crippen molar-refractivity contribution in [3.05, 3.63) is 41.5 Å². The number of carbonyl (C=O) groups excluding carboxylic acids is 2. The van der Waals surface area contributed by atoms with Crippen molar-refractivity contribution in [3.63, 3.8) is 0 Å². The summed E-state index contributed by atoms with van der Waals surface area (Å²) in [6.45, 7) is 6.52. The number of rotatable bonds is 6. The number of aromatic nitrogens is 2. The zero-order valence-electron chi connectivity index (χ0n) is 23.3. The van der Waals surface area contributed by atoms with Crippen molar-refractivity contribution in [1.82, 2.24) is 14.9 Å². The van der Waals surface area contributed by atoms with E-state index in [1.54, 1.807) is 0 Å². The van der Waals surface area contributed by atoms with Gasteiger partial charge in [0, 0.05) is 74.0 Å². The van der Waals surface area contributed by atoms with E-state index in [1.807, 2.05) is 6.20 Å². The maximum absolute atomic E-state index is 14.3. The van der Waals surface area contributed by atoms with Gasteiger partial charge in [-0.2, -0.15) is 0 Å². The van der Waals surface area contributed by atoms with Gasteiger partial charge in [0.1, 0.15) is 5.78 Å². The lowest BCUT2D eigenvalue weighted by Gasteiger charge is -2.34. The van der Waals surface area contributed by atoms with Crippen molar-refractivity contribution < 1.29 is 9.59 Å². The van der Waals surface area contributed by atoms with Gasteiger partial charge < -0.3 is 15.2 Å². The van der Waals surface area contributed by atoms with Gasteiger partial charge in [-0.3, -0.25) is 9.59 Å². The number of fused-ring (bicyclic) bond motifs is 7. The second-order valence-corrected chi connectivity index (χ2v) is 12.0. The molecule has 1 aromatic carbocycles. The monoisotopic (exact) mass is 527 g/mol. The van der Waals surface area contributed by atoms with Crippen LogP contribution < -0.4 is 4.90 Å². The van der Waals surface area contributed by atoms with Gasteiger partial charge >= 0.3 is 0 Å². The minimum absolute atomic E-state index is 0.107. The van der Waals surface area contributed by atoms with E-state index in [9.17, 15) is 9.59 Å². The quantitative estimate of drug-likeness (QED) is 0.500. The van der Waals surface area contributed by atoms with Crippen molar-refractivity contribution in [2.75, 3.05) is 31.1 Å². The average Bonchev–Trinajstić information content (AvgIpc) is 3.30. The summed E-state index contributed by atoms with van der Waals surface area (Å²) in [5, 5.41) is 8.52. The second kappa shape index (κ2) is 11.3. The second-order valence-electron chi connectivity index (χ2n) is 12.0. The van der Waals surface area contributed by atoms with Crippen LogP contribution in [0.4, 0.5) is 5.69 Å². The summed E-state index contributed by atoms with van der Waals surface area (Å²) in [5.41, 5.74) is 5.21. The number of benzene rings is 1. The number of hydrogen-bond donors (Lipinski definition) is 1. The van der Waals surface area contributed by atoms with Crippen LogP contribution in [0.3, 0.4) is 0 Å². The van der Waals surface area contributed by atoms with Gasteiger partial charge in [0.15, 0.2) is 11.6 Å². The van der Waals surface area contributed by atoms with Crippen LogP contribution in [0.2, 0.25) is 0 Å². The molecule has 1 unspecified atom stereocenters. The van der Waals surface area contributed by atoms with E-state index >= 15 is 0 Å². The number of anilines is 1. The molecule has 2 bridgehead atoms. The SMILES string of the molecule is CCCCC(=N)c1ncc2c(n1)CCC(C1CCC(=O)CC1)C(=O)c1cc(N3CCN4CCC3CC4)ccc1-2. The molecule has 0 amide bonds. The molecule has 0 spiro atoms. The fraction of sp³-hybridized carbons (Fsp3) is 0.594. The number of aryl methyl sites for hydroxylation is 1. The summed E-state index contributed by atoms with van der Waals surface area (Å²) < 4.78 is 0. The molecule has 7 nitrogen and oxygen atoms in total. The molecule has 1 N–H and O–H groups in total. The van der Waals surface area contributed by atoms with E-state index in [4.69, 9.17) is 10.4 Å². The van der Waals surface area contributed by atoms with Crippen LogP contribution in [0.25, 0.3) is 11.1 Å². The molecular formula is C32H41N5O2. The van der Waals surface area contributed by atoms with Crippen LogP contribution in [0, 0.1) is 17.2 Å². The molecule has 7 heteroatoms. The van der Waals surface area contributed by atoms with Gasteiger partial charge in [-0.15, -0.1) is 0 Å². The highest BCUT2D eigenvalue weighted by Crippen LogP contribution is 2.40. The predicted octanol–water partition coefficient (Wildman–Crippen LogP) is 5.49. The van der Waals surface area contributed by atoms with E-state index in [1.165, 1.54) is 12.8 Å². The molecule has 39 heavy (non-hydrogen) atoms. The number of nitrogens with one attached hydrogen (secondary N) is 1. The fourth-order valence-corrected chi connectivity index (χ4v) is 7.26. The maximum atomic E-state index is 14.3. The van der Waals surface area contributed by atoms with E-state index in [0.29, 0.717) is 49.0 Å². The van der Waals surface area contributed by atoms with E-state index in [-0.39, 0.29) is 17.6 Å². The predicted molar refractivity (Wildman–Crippen MR) is 154 cm³/mol. The highest BCUT2D eigenvalue weighted by Gasteiger charge is 2.36. The highest BCUT2D eigenvalue weighted by atomic mass is 16.1. The van der Waals surface area contributed by atoms with E-state index in [0.717, 1.165) is 86.4 Å². The molecule has 1 saturated carbocycles. The third-order valence-corrected chi connectivity index (χ3v) is 9.65. The first-order valence-electron chi connectivity index (χ1n) is 15.1. The van der Waals surface area contributed by atoms with Crippen LogP contribution in [-0.4, -0.2) is 64.4 Å². The Morgan fingerprint density at radius 2 is 1.74 bits per heavy atom. The Kier molecular flexibility index (Phi) is 7.61. The molecule has 206 valence electrons. The lowest BCUT2D eigenvalue weighted by molar-refractivity contribution is -0.121. The van der Waals surface area contributed by atoms with Crippen molar-refractivity contribution in [2.24, 2.45) is 11.8 Å². The molecule has 4 heterocycles. The standard InChI is InChI=1S/C32H41N5O2/c1-2-3-4-29(33)32-34-20-28-26-10-7-23(37-18-17-36-15-13-22(37)14-16-36)19-27(26)31(39)25(11-12-30(28)35-32)21-5-8-24(38)9-6-21/h7,10,19-22,25,33H,2-6,8-9,11-18H2,1H3. The van der Waals surface area contributed by atoms with Gasteiger partial charge in [-0.1, -0.05) is 19.4 Å². The van der Waals surface area contributed by atoms with Crippen molar-refractivity contribution in [2.45, 2.75) is 83.6 Å². The Labute approximate surface area is 231 Å². The number of unbranched alkanes of at least 4 members (excludes halogenated alkanes) is 1. The number of ketones is 2. The number of hydrogen-bond acceptors (Lipinski definition) is 7. The van der Waals surface area contributed by atoms with Gasteiger partial charge in [-0.05, 0) is 75.0 Å². The number of carbonyl (C=O) groups is 2. The van der Waals surface area contributed by atoms with E-state index in [2.05, 4.69) is 39.9 Å². The molecule has 2 aromatic rings. The Bertz CT molecular complexity index is 1260. The Hall–Kier alpha value is -2.93. The molecule has 1 atom stereocenters. The summed E-state index contributed by atoms with van der Waals surface area (Å²) >= 11 is 0.